The summed E-state index contributed by atoms with van der Waals surface area (Å²) in [6, 6.07) is 0. The number of nitrogens with two attached hydrogens (primary N) is 1. The van der Waals surface area contributed by atoms with Gasteiger partial charge in [-0.2, -0.15) is 0 Å². The summed E-state index contributed by atoms with van der Waals surface area (Å²) >= 11 is 0. The number of hydrogen-bond donors (Lipinski definition) is 2. The summed E-state index contributed by atoms with van der Waals surface area (Å²) in [6.45, 7) is 3.68. The molecule has 0 aromatic rings. The van der Waals surface area contributed by atoms with Crippen molar-refractivity contribution in [1.29, 1.82) is 0 Å². The van der Waals surface area contributed by atoms with Gasteiger partial charge in [0, 0.05) is 19.4 Å². The third-order valence-electron chi connectivity index (χ3n) is 8.31. The molecule has 0 aliphatic carbocycles. The van der Waals surface area contributed by atoms with Crippen LogP contribution in [0.4, 0.5) is 0 Å². The van der Waals surface area contributed by atoms with Crippen LogP contribution in [0.1, 0.15) is 181 Å². The first-order valence-electron chi connectivity index (χ1n) is 19.8. The summed E-state index contributed by atoms with van der Waals surface area (Å²) in [5, 5.41) is 0. The highest BCUT2D eigenvalue weighted by molar-refractivity contribution is 7.47. The molecule has 0 amide bonds. The Morgan fingerprint density at radius 1 is 0.592 bits per heavy atom. The number of phosphoric ester groups is 1. The summed E-state index contributed by atoms with van der Waals surface area (Å²) < 4.78 is 32.7. The maximum Gasteiger partial charge on any atom is 0.472 e. The molecule has 49 heavy (non-hydrogen) atoms. The maximum atomic E-state index is 12.5. The zero-order chi connectivity index (χ0) is 36.1. The number of esters is 2. The third-order valence-corrected chi connectivity index (χ3v) is 9.29. The van der Waals surface area contributed by atoms with E-state index >= 15 is 0 Å². The van der Waals surface area contributed by atoms with E-state index in [0.717, 1.165) is 64.2 Å². The smallest absolute Gasteiger partial charge is 0.462 e. The first-order valence-corrected chi connectivity index (χ1v) is 21.3. The maximum absolute atomic E-state index is 12.5. The molecule has 0 aliphatic rings. The van der Waals surface area contributed by atoms with Crippen molar-refractivity contribution in [3.63, 3.8) is 0 Å². The van der Waals surface area contributed by atoms with Gasteiger partial charge in [0.2, 0.25) is 0 Å². The number of rotatable bonds is 37. The molecule has 0 bridgehead atoms. The Hall–Kier alpha value is -1.51. The van der Waals surface area contributed by atoms with E-state index in [1.165, 1.54) is 83.5 Å². The van der Waals surface area contributed by atoms with Gasteiger partial charge in [-0.3, -0.25) is 18.6 Å². The second-order valence-corrected chi connectivity index (χ2v) is 14.6. The Bertz CT molecular complexity index is 866. The van der Waals surface area contributed by atoms with Gasteiger partial charge in [-0.05, 0) is 64.2 Å². The average molecular weight is 716 g/mol. The monoisotopic (exact) mass is 716 g/mol. The molecule has 0 saturated heterocycles. The van der Waals surface area contributed by atoms with Crippen LogP contribution in [0, 0.1) is 0 Å². The van der Waals surface area contributed by atoms with Crippen LogP contribution in [-0.2, 0) is 32.7 Å². The largest absolute Gasteiger partial charge is 0.472 e. The van der Waals surface area contributed by atoms with Crippen LogP contribution in [-0.4, -0.2) is 49.3 Å². The van der Waals surface area contributed by atoms with E-state index in [1.807, 2.05) is 0 Å². The first kappa shape index (κ1) is 47.5. The van der Waals surface area contributed by atoms with Crippen LogP contribution in [0.5, 0.6) is 0 Å². The minimum absolute atomic E-state index is 0.0523. The van der Waals surface area contributed by atoms with Crippen LogP contribution < -0.4 is 5.73 Å². The molecule has 1 unspecified atom stereocenters. The molecule has 10 heteroatoms. The van der Waals surface area contributed by atoms with E-state index in [0.29, 0.717) is 6.42 Å². The third kappa shape index (κ3) is 36.1. The van der Waals surface area contributed by atoms with Crippen molar-refractivity contribution in [2.75, 3.05) is 26.4 Å². The SMILES string of the molecule is CCCCCCC=CCCCCCCCCCC(=O)OC[C@H](COP(=O)(O)OCCN)OC(=O)CCCCCCCC=CCCCCCC. The van der Waals surface area contributed by atoms with Gasteiger partial charge in [0.15, 0.2) is 6.10 Å². The second-order valence-electron chi connectivity index (χ2n) is 13.1. The average Bonchev–Trinajstić information content (AvgIpc) is 3.08. The fourth-order valence-electron chi connectivity index (χ4n) is 5.33. The lowest BCUT2D eigenvalue weighted by atomic mass is 10.1. The number of allylic oxidation sites excluding steroid dienone is 4. The molecule has 3 N–H and O–H groups in total. The lowest BCUT2D eigenvalue weighted by Gasteiger charge is -2.19. The van der Waals surface area contributed by atoms with Gasteiger partial charge in [-0.25, -0.2) is 4.57 Å². The van der Waals surface area contributed by atoms with E-state index in [9.17, 15) is 19.0 Å². The predicted molar refractivity (Wildman–Crippen MR) is 201 cm³/mol. The molecule has 0 fully saturated rings. The highest BCUT2D eigenvalue weighted by atomic mass is 31.2. The Labute approximate surface area is 300 Å². The normalized spacial score (nSPS) is 13.6. The highest BCUT2D eigenvalue weighted by Gasteiger charge is 2.25. The van der Waals surface area contributed by atoms with Crippen molar-refractivity contribution in [2.45, 2.75) is 187 Å². The number of phosphoric acid groups is 1. The zero-order valence-corrected chi connectivity index (χ0v) is 32.3. The van der Waals surface area contributed by atoms with E-state index in [4.69, 9.17) is 24.3 Å². The van der Waals surface area contributed by atoms with Crippen LogP contribution in [0.3, 0.4) is 0 Å². The molecule has 0 radical (unpaired) electrons. The van der Waals surface area contributed by atoms with Gasteiger partial charge in [-0.1, -0.05) is 128 Å². The van der Waals surface area contributed by atoms with E-state index in [1.54, 1.807) is 0 Å². The van der Waals surface area contributed by atoms with E-state index in [-0.39, 0.29) is 38.6 Å². The minimum Gasteiger partial charge on any atom is -0.462 e. The van der Waals surface area contributed by atoms with Gasteiger partial charge in [0.1, 0.15) is 6.61 Å². The van der Waals surface area contributed by atoms with E-state index < -0.39 is 26.5 Å². The van der Waals surface area contributed by atoms with Crippen molar-refractivity contribution in [2.24, 2.45) is 5.73 Å². The van der Waals surface area contributed by atoms with Crippen molar-refractivity contribution in [1.82, 2.24) is 0 Å². The molecule has 0 saturated carbocycles. The Balaban J connectivity index is 4.21. The van der Waals surface area contributed by atoms with Gasteiger partial charge in [-0.15, -0.1) is 0 Å². The molecule has 288 valence electrons. The van der Waals surface area contributed by atoms with Crippen molar-refractivity contribution in [3.05, 3.63) is 24.3 Å². The highest BCUT2D eigenvalue weighted by Crippen LogP contribution is 2.43. The standard InChI is InChI=1S/C39H74NO8P/c1-3-5-7-9-11-13-15-17-18-20-21-23-25-27-29-31-38(41)45-35-37(36-47-49(43,44)46-34-33-40)48-39(42)32-30-28-26-24-22-19-16-14-12-10-8-6-4-2/h13-16,37H,3-12,17-36,40H2,1-2H3,(H,43,44)/t37-/m1/s1. The van der Waals surface area contributed by atoms with Crippen LogP contribution in [0.25, 0.3) is 0 Å². The lowest BCUT2D eigenvalue weighted by molar-refractivity contribution is -0.161. The Kier molecular flexibility index (Phi) is 35.2. The second kappa shape index (κ2) is 36.3. The molecule has 9 nitrogen and oxygen atoms in total. The summed E-state index contributed by atoms with van der Waals surface area (Å²) in [7, 11) is -4.37. The number of carbonyl (C=O) groups excluding carboxylic acids is 2. The van der Waals surface area contributed by atoms with Gasteiger partial charge in [0.05, 0.1) is 13.2 Å². The predicted octanol–water partition coefficient (Wildman–Crippen LogP) is 10.8. The van der Waals surface area contributed by atoms with Crippen LogP contribution in [0.15, 0.2) is 24.3 Å². The van der Waals surface area contributed by atoms with Crippen molar-refractivity contribution < 1.29 is 37.6 Å². The quantitative estimate of drug-likeness (QED) is 0.0279. The summed E-state index contributed by atoms with van der Waals surface area (Å²) in [5.74, 6) is -0.842. The zero-order valence-electron chi connectivity index (χ0n) is 31.4. The topological polar surface area (TPSA) is 134 Å². The van der Waals surface area contributed by atoms with Crippen molar-refractivity contribution in [3.8, 4) is 0 Å². The molecule has 0 heterocycles. The fourth-order valence-corrected chi connectivity index (χ4v) is 6.09. The molecule has 0 aromatic heterocycles. The molecule has 0 spiro atoms. The molecule has 0 aliphatic heterocycles. The Morgan fingerprint density at radius 3 is 1.45 bits per heavy atom. The summed E-state index contributed by atoms with van der Waals surface area (Å²) in [6.07, 6.45) is 36.3. The van der Waals surface area contributed by atoms with Gasteiger partial charge in [0.25, 0.3) is 0 Å². The minimum atomic E-state index is -4.37. The molecular formula is C39H74NO8P. The van der Waals surface area contributed by atoms with E-state index in [2.05, 4.69) is 38.2 Å². The lowest BCUT2D eigenvalue weighted by Crippen LogP contribution is -2.29. The molecule has 0 rings (SSSR count). The summed E-state index contributed by atoms with van der Waals surface area (Å²) in [4.78, 5) is 34.7. The van der Waals surface area contributed by atoms with Crippen molar-refractivity contribution >= 4 is 19.8 Å². The number of carbonyl (C=O) groups is 2. The number of ether oxygens (including phenoxy) is 2. The van der Waals surface area contributed by atoms with Gasteiger partial charge >= 0.3 is 19.8 Å². The number of hydrogen-bond acceptors (Lipinski definition) is 8. The summed E-state index contributed by atoms with van der Waals surface area (Å²) in [5.41, 5.74) is 5.33. The van der Waals surface area contributed by atoms with Crippen LogP contribution in [0.2, 0.25) is 0 Å². The van der Waals surface area contributed by atoms with Crippen LogP contribution >= 0.6 is 7.82 Å². The Morgan fingerprint density at radius 2 is 1.00 bits per heavy atom. The number of unbranched alkanes of at least 4 members (excludes halogenated alkanes) is 20. The molecule has 0 aromatic carbocycles. The first-order chi connectivity index (χ1) is 23.8. The molecular weight excluding hydrogens is 641 g/mol. The molecule has 2 atom stereocenters. The fraction of sp³-hybridized carbons (Fsp3) is 0.846. The van der Waals surface area contributed by atoms with Gasteiger partial charge < -0.3 is 20.1 Å².